The van der Waals surface area contributed by atoms with Gasteiger partial charge in [0.15, 0.2) is 0 Å². The Morgan fingerprint density at radius 3 is 1.36 bits per heavy atom. The van der Waals surface area contributed by atoms with E-state index in [0.29, 0.717) is 0 Å². The van der Waals surface area contributed by atoms with Crippen molar-refractivity contribution in [2.24, 2.45) is 0 Å². The maximum Gasteiger partial charge on any atom is 2.00 e. The molecule has 2 heterocycles. The van der Waals surface area contributed by atoms with Gasteiger partial charge in [-0.15, -0.1) is 10.8 Å². The molecule has 0 aliphatic heterocycles. The minimum absolute atomic E-state index is 0. The van der Waals surface area contributed by atoms with Gasteiger partial charge < -0.3 is 22.7 Å². The Hall–Kier alpha value is -0.106. The fraction of sp³-hybridized carbons (Fsp3) is 0. The van der Waals surface area contributed by atoms with Gasteiger partial charge in [-0.05, 0) is 0 Å². The third kappa shape index (κ3) is 6.30. The zero-order chi connectivity index (χ0) is 7.07. The first-order valence-electron chi connectivity index (χ1n) is 2.79. The minimum atomic E-state index is 0. The molecule has 2 aromatic heterocycles. The van der Waals surface area contributed by atoms with Crippen molar-refractivity contribution >= 4 is 22.7 Å². The second-order valence-corrected chi connectivity index (χ2v) is 2.95. The molecule has 0 N–H and O–H groups in total. The second kappa shape index (κ2) is 7.99. The summed E-state index contributed by atoms with van der Waals surface area (Å²) in [6, 6.07) is 7.71. The monoisotopic (exact) mass is 224 g/mol. The average molecular weight is 225 g/mol. The van der Waals surface area contributed by atoms with Crippen molar-refractivity contribution in [2.75, 3.05) is 0 Å². The van der Waals surface area contributed by atoms with E-state index in [1.165, 1.54) is 0 Å². The average Bonchev–Trinajstić information content (AvgIpc) is 2.67. The molecular weight excluding hydrogens is 219 g/mol. The van der Waals surface area contributed by atoms with Crippen molar-refractivity contribution in [3.63, 3.8) is 0 Å². The zero-order valence-corrected chi connectivity index (χ0v) is 8.22. The standard InChI is InChI=1S/2C4H3S.Ni/c2*1-2-4-5-3-1;/h2*1-3H;/q2*-1;+2. The summed E-state index contributed by atoms with van der Waals surface area (Å²) in [6.45, 7) is 0. The Morgan fingerprint density at radius 2 is 1.27 bits per heavy atom. The molecule has 0 aromatic carbocycles. The van der Waals surface area contributed by atoms with Crippen LogP contribution in [0, 0.1) is 10.8 Å². The van der Waals surface area contributed by atoms with Crippen LogP contribution in [0.5, 0.6) is 0 Å². The first-order valence-corrected chi connectivity index (χ1v) is 4.55. The fourth-order valence-corrected chi connectivity index (χ4v) is 1.18. The SMILES string of the molecule is [Ni+2].[c-]1cccs1.[c-]1cccs1. The summed E-state index contributed by atoms with van der Waals surface area (Å²) in [5, 5.41) is 9.78. The fourth-order valence-electron chi connectivity index (χ4n) is 0.393. The van der Waals surface area contributed by atoms with E-state index in [9.17, 15) is 0 Å². The molecule has 2 rings (SSSR count). The summed E-state index contributed by atoms with van der Waals surface area (Å²) in [4.78, 5) is 0. The Morgan fingerprint density at radius 1 is 0.818 bits per heavy atom. The molecule has 0 nitrogen and oxygen atoms in total. The Bertz CT molecular complexity index is 151. The Labute approximate surface area is 84.8 Å². The maximum absolute atomic E-state index is 2.90. The van der Waals surface area contributed by atoms with Crippen molar-refractivity contribution in [1.29, 1.82) is 0 Å². The molecular formula is C8H6NiS2. The normalized spacial score (nSPS) is 7.27. The van der Waals surface area contributed by atoms with Gasteiger partial charge in [0.1, 0.15) is 0 Å². The van der Waals surface area contributed by atoms with E-state index in [-0.39, 0.29) is 16.5 Å². The molecule has 0 saturated carbocycles. The first kappa shape index (κ1) is 10.9. The van der Waals surface area contributed by atoms with Crippen LogP contribution < -0.4 is 0 Å². The van der Waals surface area contributed by atoms with Crippen molar-refractivity contribution in [3.8, 4) is 0 Å². The predicted molar refractivity (Wildman–Crippen MR) is 46.3 cm³/mol. The van der Waals surface area contributed by atoms with E-state index in [4.69, 9.17) is 0 Å². The molecule has 0 radical (unpaired) electrons. The summed E-state index contributed by atoms with van der Waals surface area (Å²) in [5.74, 6) is 0. The largest absolute Gasteiger partial charge is 2.00 e. The molecule has 0 saturated heterocycles. The van der Waals surface area contributed by atoms with Crippen LogP contribution in [0.2, 0.25) is 0 Å². The molecule has 3 heteroatoms. The Balaban J connectivity index is 0.000000167. The van der Waals surface area contributed by atoms with E-state index in [2.05, 4.69) is 10.8 Å². The number of thiophene rings is 2. The third-order valence-corrected chi connectivity index (χ3v) is 1.89. The van der Waals surface area contributed by atoms with E-state index < -0.39 is 0 Å². The topological polar surface area (TPSA) is 0 Å². The van der Waals surface area contributed by atoms with Crippen molar-refractivity contribution in [2.45, 2.75) is 0 Å². The van der Waals surface area contributed by atoms with Crippen molar-refractivity contribution < 1.29 is 16.5 Å². The molecule has 0 atom stereocenters. The van der Waals surface area contributed by atoms with E-state index in [1.54, 1.807) is 22.7 Å². The zero-order valence-electron chi connectivity index (χ0n) is 5.60. The van der Waals surface area contributed by atoms with Gasteiger partial charge in [-0.2, -0.15) is 22.9 Å². The number of hydrogen-bond donors (Lipinski definition) is 0. The predicted octanol–water partition coefficient (Wildman–Crippen LogP) is 3.09. The van der Waals surface area contributed by atoms with Crippen LogP contribution >= 0.6 is 22.7 Å². The second-order valence-electron chi connectivity index (χ2n) is 1.46. The molecule has 0 aliphatic carbocycles. The van der Waals surface area contributed by atoms with Gasteiger partial charge in [0.05, 0.1) is 0 Å². The maximum atomic E-state index is 2.90. The number of hydrogen-bond acceptors (Lipinski definition) is 2. The van der Waals surface area contributed by atoms with Crippen molar-refractivity contribution in [3.05, 3.63) is 45.8 Å². The molecule has 0 bridgehead atoms. The smallest absolute Gasteiger partial charge is 0.304 e. The van der Waals surface area contributed by atoms with Crippen LogP contribution in [-0.4, -0.2) is 0 Å². The van der Waals surface area contributed by atoms with Gasteiger partial charge in [0.2, 0.25) is 0 Å². The Kier molecular flexibility index (Phi) is 7.92. The van der Waals surface area contributed by atoms with E-state index >= 15 is 0 Å². The minimum Gasteiger partial charge on any atom is -0.304 e. The summed E-state index contributed by atoms with van der Waals surface area (Å²) < 4.78 is 0. The van der Waals surface area contributed by atoms with Gasteiger partial charge in [-0.3, -0.25) is 0 Å². The summed E-state index contributed by atoms with van der Waals surface area (Å²) in [5.41, 5.74) is 0. The summed E-state index contributed by atoms with van der Waals surface area (Å²) >= 11 is 3.18. The van der Waals surface area contributed by atoms with Crippen molar-refractivity contribution in [1.82, 2.24) is 0 Å². The molecule has 2 aromatic rings. The van der Waals surface area contributed by atoms with Gasteiger partial charge in [-0.1, -0.05) is 0 Å². The molecule has 60 valence electrons. The van der Waals surface area contributed by atoms with Gasteiger partial charge in [0.25, 0.3) is 0 Å². The van der Waals surface area contributed by atoms with Crippen LogP contribution in [0.1, 0.15) is 0 Å². The van der Waals surface area contributed by atoms with E-state index in [0.717, 1.165) is 0 Å². The molecule has 0 spiro atoms. The summed E-state index contributed by atoms with van der Waals surface area (Å²) in [7, 11) is 0. The van der Waals surface area contributed by atoms with E-state index in [1.807, 2.05) is 35.0 Å². The number of rotatable bonds is 0. The molecule has 0 amide bonds. The van der Waals surface area contributed by atoms with Crippen LogP contribution in [0.15, 0.2) is 35.0 Å². The quantitative estimate of drug-likeness (QED) is 0.477. The first-order chi connectivity index (χ1) is 5.00. The van der Waals surface area contributed by atoms with Gasteiger partial charge in [-0.25, -0.2) is 12.1 Å². The van der Waals surface area contributed by atoms with Gasteiger partial charge >= 0.3 is 16.5 Å². The van der Waals surface area contributed by atoms with Gasteiger partial charge in [0, 0.05) is 0 Å². The molecule has 0 aliphatic rings. The molecule has 11 heavy (non-hydrogen) atoms. The molecule has 0 unspecified atom stereocenters. The third-order valence-electron chi connectivity index (χ3n) is 0.758. The van der Waals surface area contributed by atoms with Crippen LogP contribution in [-0.2, 0) is 16.5 Å². The van der Waals surface area contributed by atoms with Crippen LogP contribution in [0.3, 0.4) is 0 Å². The molecule has 0 fully saturated rings. The van der Waals surface area contributed by atoms with Crippen LogP contribution in [0.25, 0.3) is 0 Å². The summed E-state index contributed by atoms with van der Waals surface area (Å²) in [6.07, 6.45) is 0. The van der Waals surface area contributed by atoms with Crippen LogP contribution in [0.4, 0.5) is 0 Å².